The zero-order chi connectivity index (χ0) is 16.7. The molecule has 122 valence electrons. The topological polar surface area (TPSA) is 104 Å². The van der Waals surface area contributed by atoms with Crippen molar-refractivity contribution in [3.05, 3.63) is 22.4 Å². The van der Waals surface area contributed by atoms with Gasteiger partial charge in [0.2, 0.25) is 5.91 Å². The Morgan fingerprint density at radius 1 is 1.36 bits per heavy atom. The first-order valence-electron chi connectivity index (χ1n) is 7.25. The van der Waals surface area contributed by atoms with E-state index < -0.39 is 5.54 Å². The van der Waals surface area contributed by atoms with Crippen molar-refractivity contribution in [2.75, 3.05) is 19.6 Å². The highest BCUT2D eigenvalue weighted by Crippen LogP contribution is 2.24. The van der Waals surface area contributed by atoms with Crippen LogP contribution in [0.3, 0.4) is 0 Å². The fourth-order valence-corrected chi connectivity index (χ4v) is 2.86. The van der Waals surface area contributed by atoms with E-state index >= 15 is 0 Å². The molecule has 2 rings (SSSR count). The number of carbonyl (C=O) groups excluding carboxylic acids is 2. The number of aromatic amines is 1. The lowest BCUT2D eigenvalue weighted by Gasteiger charge is -2.48. The standard InChI is InChI=1S/C14H23N5O3/c1-9(11(15)20)18-5-6-19(14(2,3)8-18)12(21)10-7-16-13(22)17(10)4/h7,9H,5-6,8H2,1-4H3,(H2,15,20)(H,16,22). The highest BCUT2D eigenvalue weighted by molar-refractivity contribution is 5.93. The van der Waals surface area contributed by atoms with Crippen LogP contribution in [0.5, 0.6) is 0 Å². The highest BCUT2D eigenvalue weighted by Gasteiger charge is 2.39. The van der Waals surface area contributed by atoms with Crippen LogP contribution < -0.4 is 11.4 Å². The lowest BCUT2D eigenvalue weighted by molar-refractivity contribution is -0.124. The van der Waals surface area contributed by atoms with Gasteiger partial charge < -0.3 is 15.6 Å². The smallest absolute Gasteiger partial charge is 0.325 e. The van der Waals surface area contributed by atoms with Crippen molar-refractivity contribution in [1.29, 1.82) is 0 Å². The molecule has 0 spiro atoms. The van der Waals surface area contributed by atoms with Crippen LogP contribution in [-0.2, 0) is 11.8 Å². The summed E-state index contributed by atoms with van der Waals surface area (Å²) >= 11 is 0. The summed E-state index contributed by atoms with van der Waals surface area (Å²) in [5.41, 5.74) is 4.91. The van der Waals surface area contributed by atoms with Crippen molar-refractivity contribution in [3.8, 4) is 0 Å². The maximum Gasteiger partial charge on any atom is 0.325 e. The molecule has 1 aromatic rings. The van der Waals surface area contributed by atoms with E-state index in [2.05, 4.69) is 4.98 Å². The number of imidazole rings is 1. The van der Waals surface area contributed by atoms with Gasteiger partial charge in [-0.05, 0) is 20.8 Å². The van der Waals surface area contributed by atoms with E-state index in [0.29, 0.717) is 25.3 Å². The normalized spacial score (nSPS) is 19.9. The molecule has 1 saturated heterocycles. The highest BCUT2D eigenvalue weighted by atomic mass is 16.2. The van der Waals surface area contributed by atoms with E-state index in [1.807, 2.05) is 18.7 Å². The maximum absolute atomic E-state index is 12.7. The van der Waals surface area contributed by atoms with Gasteiger partial charge in [-0.3, -0.25) is 19.1 Å². The summed E-state index contributed by atoms with van der Waals surface area (Å²) < 4.78 is 1.30. The quantitative estimate of drug-likeness (QED) is 0.757. The van der Waals surface area contributed by atoms with E-state index in [4.69, 9.17) is 5.73 Å². The second-order valence-corrected chi connectivity index (χ2v) is 6.36. The number of primary amides is 1. The zero-order valence-corrected chi connectivity index (χ0v) is 13.4. The molecule has 8 nitrogen and oxygen atoms in total. The summed E-state index contributed by atoms with van der Waals surface area (Å²) in [4.78, 5) is 41.8. The third-order valence-electron chi connectivity index (χ3n) is 4.35. The summed E-state index contributed by atoms with van der Waals surface area (Å²) in [7, 11) is 1.56. The Labute approximate surface area is 128 Å². The van der Waals surface area contributed by atoms with Gasteiger partial charge in [0.05, 0.1) is 11.6 Å². The van der Waals surface area contributed by atoms with E-state index in [1.165, 1.54) is 10.8 Å². The number of piperazine rings is 1. The predicted octanol–water partition coefficient (Wildman–Crippen LogP) is -0.876. The lowest BCUT2D eigenvalue weighted by atomic mass is 9.97. The molecule has 0 saturated carbocycles. The van der Waals surface area contributed by atoms with Crippen molar-refractivity contribution in [3.63, 3.8) is 0 Å². The number of nitrogens with two attached hydrogens (primary N) is 1. The molecule has 1 aliphatic heterocycles. The number of carbonyl (C=O) groups is 2. The molecule has 0 aliphatic carbocycles. The van der Waals surface area contributed by atoms with Crippen LogP contribution in [0.25, 0.3) is 0 Å². The first-order valence-corrected chi connectivity index (χ1v) is 7.25. The molecule has 1 aromatic heterocycles. The summed E-state index contributed by atoms with van der Waals surface area (Å²) in [6, 6.07) is -0.367. The number of amides is 2. The maximum atomic E-state index is 12.7. The van der Waals surface area contributed by atoms with Gasteiger partial charge in [0.25, 0.3) is 5.91 Å². The number of aromatic nitrogens is 2. The van der Waals surface area contributed by atoms with Gasteiger partial charge in [0.1, 0.15) is 5.69 Å². The molecule has 8 heteroatoms. The van der Waals surface area contributed by atoms with Crippen molar-refractivity contribution >= 4 is 11.8 Å². The van der Waals surface area contributed by atoms with Gasteiger partial charge >= 0.3 is 5.69 Å². The van der Waals surface area contributed by atoms with Crippen molar-refractivity contribution in [2.24, 2.45) is 12.8 Å². The fraction of sp³-hybridized carbons (Fsp3) is 0.643. The largest absolute Gasteiger partial charge is 0.368 e. The van der Waals surface area contributed by atoms with Gasteiger partial charge in [0, 0.05) is 32.9 Å². The van der Waals surface area contributed by atoms with Gasteiger partial charge in [0.15, 0.2) is 0 Å². The molecule has 1 fully saturated rings. The van der Waals surface area contributed by atoms with Gasteiger partial charge in [-0.1, -0.05) is 0 Å². The Morgan fingerprint density at radius 3 is 2.45 bits per heavy atom. The number of hydrogen-bond acceptors (Lipinski definition) is 4. The Kier molecular flexibility index (Phi) is 4.15. The first kappa shape index (κ1) is 16.3. The second-order valence-electron chi connectivity index (χ2n) is 6.36. The van der Waals surface area contributed by atoms with Crippen LogP contribution in [0.1, 0.15) is 31.3 Å². The molecule has 2 amide bonds. The van der Waals surface area contributed by atoms with Crippen LogP contribution in [0, 0.1) is 0 Å². The Hall–Kier alpha value is -2.09. The molecular formula is C14H23N5O3. The number of nitrogens with zero attached hydrogens (tertiary/aromatic N) is 3. The van der Waals surface area contributed by atoms with Crippen LogP contribution in [0.4, 0.5) is 0 Å². The Bertz CT molecular complexity index is 645. The Balaban J connectivity index is 2.21. The van der Waals surface area contributed by atoms with E-state index in [0.717, 1.165) is 0 Å². The monoisotopic (exact) mass is 309 g/mol. The van der Waals surface area contributed by atoms with Crippen LogP contribution in [0.2, 0.25) is 0 Å². The summed E-state index contributed by atoms with van der Waals surface area (Å²) in [5, 5.41) is 0. The second kappa shape index (κ2) is 5.60. The minimum atomic E-state index is -0.466. The fourth-order valence-electron chi connectivity index (χ4n) is 2.86. The summed E-state index contributed by atoms with van der Waals surface area (Å²) in [6.07, 6.45) is 1.43. The molecule has 1 unspecified atom stereocenters. The number of rotatable bonds is 3. The van der Waals surface area contributed by atoms with Gasteiger partial charge in [-0.15, -0.1) is 0 Å². The zero-order valence-electron chi connectivity index (χ0n) is 13.4. The number of H-pyrrole nitrogens is 1. The molecule has 1 aliphatic rings. The van der Waals surface area contributed by atoms with Crippen molar-refractivity contribution in [1.82, 2.24) is 19.4 Å². The minimum absolute atomic E-state index is 0.197. The van der Waals surface area contributed by atoms with Crippen molar-refractivity contribution in [2.45, 2.75) is 32.4 Å². The predicted molar refractivity (Wildman–Crippen MR) is 81.4 cm³/mol. The van der Waals surface area contributed by atoms with E-state index in [1.54, 1.807) is 18.9 Å². The van der Waals surface area contributed by atoms with Gasteiger partial charge in [-0.2, -0.15) is 0 Å². The molecule has 0 radical (unpaired) electrons. The average molecular weight is 309 g/mol. The molecular weight excluding hydrogens is 286 g/mol. The molecule has 2 heterocycles. The molecule has 0 bridgehead atoms. The Morgan fingerprint density at radius 2 is 2.00 bits per heavy atom. The van der Waals surface area contributed by atoms with Gasteiger partial charge in [-0.25, -0.2) is 4.79 Å². The van der Waals surface area contributed by atoms with Crippen LogP contribution in [0.15, 0.2) is 11.0 Å². The summed E-state index contributed by atoms with van der Waals surface area (Å²) in [5.74, 6) is -0.569. The first-order chi connectivity index (χ1) is 10.1. The van der Waals surface area contributed by atoms with Crippen LogP contribution >= 0.6 is 0 Å². The molecule has 0 aromatic carbocycles. The van der Waals surface area contributed by atoms with Crippen molar-refractivity contribution < 1.29 is 9.59 Å². The minimum Gasteiger partial charge on any atom is -0.368 e. The summed E-state index contributed by atoms with van der Waals surface area (Å²) in [6.45, 7) is 7.23. The number of nitrogens with one attached hydrogen (secondary N) is 1. The van der Waals surface area contributed by atoms with Crippen LogP contribution in [-0.4, -0.2) is 62.4 Å². The molecule has 1 atom stereocenters. The third kappa shape index (κ3) is 2.78. The van der Waals surface area contributed by atoms with E-state index in [9.17, 15) is 14.4 Å². The average Bonchev–Trinajstić information content (AvgIpc) is 2.76. The number of hydrogen-bond donors (Lipinski definition) is 2. The van der Waals surface area contributed by atoms with E-state index in [-0.39, 0.29) is 23.5 Å². The molecule has 22 heavy (non-hydrogen) atoms. The lowest BCUT2D eigenvalue weighted by Crippen LogP contribution is -2.63. The SMILES string of the molecule is CC(C(N)=O)N1CCN(C(=O)c2c[nH]c(=O)n2C)C(C)(C)C1. The third-order valence-corrected chi connectivity index (χ3v) is 4.35. The molecule has 3 N–H and O–H groups in total.